The van der Waals surface area contributed by atoms with E-state index >= 15 is 0 Å². The Morgan fingerprint density at radius 3 is 2.13 bits per heavy atom. The summed E-state index contributed by atoms with van der Waals surface area (Å²) in [6, 6.07) is 12.7. The fourth-order valence-electron chi connectivity index (χ4n) is 9.89. The molecular weight excluding hydrogens is 794 g/mol. The van der Waals surface area contributed by atoms with Gasteiger partial charge in [-0.15, -0.1) is 0 Å². The van der Waals surface area contributed by atoms with Crippen molar-refractivity contribution in [2.24, 2.45) is 5.92 Å². The molecule has 9 rings (SSSR count). The van der Waals surface area contributed by atoms with Gasteiger partial charge in [-0.25, -0.2) is 4.98 Å². The van der Waals surface area contributed by atoms with Gasteiger partial charge in [-0.3, -0.25) is 39.1 Å². The first-order chi connectivity index (χ1) is 29.3. The van der Waals surface area contributed by atoms with Gasteiger partial charge in [0.05, 0.1) is 29.0 Å². The smallest absolute Gasteiger partial charge is 0.419 e. The number of carbonyl (C=O) groups excluding carboxylic acids is 5. The average molecular weight is 839 g/mol. The number of amides is 5. The maximum absolute atomic E-state index is 13.5. The molecule has 318 valence electrons. The summed E-state index contributed by atoms with van der Waals surface area (Å²) in [7, 11) is 0. The third-order valence-electron chi connectivity index (χ3n) is 13.2. The number of nitrogens with one attached hydrogen (secondary N) is 1. The molecule has 17 heteroatoms. The van der Waals surface area contributed by atoms with E-state index in [-0.39, 0.29) is 42.2 Å². The van der Waals surface area contributed by atoms with Crippen LogP contribution < -0.4 is 19.9 Å². The second-order valence-electron chi connectivity index (χ2n) is 16.9. The molecule has 4 fully saturated rings. The third kappa shape index (κ3) is 7.89. The Balaban J connectivity index is 0.729. The minimum absolute atomic E-state index is 0.00378. The first kappa shape index (κ1) is 40.4. The largest absolute Gasteiger partial charge is 0.489 e. The van der Waals surface area contributed by atoms with Crippen molar-refractivity contribution in [2.45, 2.75) is 82.3 Å². The van der Waals surface area contributed by atoms with Crippen LogP contribution in [0.2, 0.25) is 0 Å². The molecule has 14 nitrogen and oxygen atoms in total. The highest BCUT2D eigenvalue weighted by molar-refractivity contribution is 6.23. The molecule has 1 atom stereocenters. The van der Waals surface area contributed by atoms with Crippen molar-refractivity contribution in [3.8, 4) is 11.8 Å². The van der Waals surface area contributed by atoms with E-state index in [9.17, 15) is 37.1 Å². The molecule has 3 aromatic rings. The molecule has 1 aliphatic carbocycles. The Bertz CT molecular complexity index is 2330. The van der Waals surface area contributed by atoms with Crippen LogP contribution in [0, 0.1) is 17.2 Å². The molecule has 1 aromatic heterocycles. The van der Waals surface area contributed by atoms with Gasteiger partial charge in [-0.1, -0.05) is 0 Å². The molecule has 3 saturated heterocycles. The zero-order valence-electron chi connectivity index (χ0n) is 33.5. The lowest BCUT2D eigenvalue weighted by Gasteiger charge is -2.40. The van der Waals surface area contributed by atoms with Crippen LogP contribution in [0.1, 0.15) is 99.3 Å². The van der Waals surface area contributed by atoms with Gasteiger partial charge in [0.25, 0.3) is 17.7 Å². The van der Waals surface area contributed by atoms with E-state index in [4.69, 9.17) is 10.00 Å². The standard InChI is InChI=1S/C44H45F3N8O6/c45-44(46,47)36-21-32(23-49-37(36)22-48)61-31-5-1-28(2-6-31)54-25-27-19-29(3-7-33(27)41(54)58)53-17-15-51(16-18-53)24-26-11-13-52(14-12-26)30-4-8-34-35(20-30)43(60)55(42(34)59)38-9-10-39(56)50-40(38)57/h3-4,7-8,19-21,23,26,28,31,38H,1-2,5-6,9-18,24-25H2,(H,50,56,57). The zero-order valence-corrected chi connectivity index (χ0v) is 33.5. The van der Waals surface area contributed by atoms with Gasteiger partial charge in [0.2, 0.25) is 11.8 Å². The van der Waals surface area contributed by atoms with Gasteiger partial charge in [0, 0.05) is 81.8 Å². The van der Waals surface area contributed by atoms with Crippen LogP contribution >= 0.6 is 0 Å². The molecule has 1 unspecified atom stereocenters. The number of alkyl halides is 3. The van der Waals surface area contributed by atoms with Crippen molar-refractivity contribution in [3.05, 3.63) is 82.2 Å². The molecule has 6 heterocycles. The Labute approximate surface area is 350 Å². The molecule has 5 amide bonds. The summed E-state index contributed by atoms with van der Waals surface area (Å²) < 4.78 is 46.1. The molecule has 0 spiro atoms. The fourth-order valence-corrected chi connectivity index (χ4v) is 9.89. The van der Waals surface area contributed by atoms with E-state index in [0.29, 0.717) is 49.3 Å². The Hall–Kier alpha value is -6.02. The van der Waals surface area contributed by atoms with Crippen LogP contribution in [0.5, 0.6) is 5.75 Å². The second kappa shape index (κ2) is 16.1. The first-order valence-corrected chi connectivity index (χ1v) is 21.0. The summed E-state index contributed by atoms with van der Waals surface area (Å²) in [4.78, 5) is 77.8. The first-order valence-electron chi connectivity index (χ1n) is 21.0. The van der Waals surface area contributed by atoms with E-state index < -0.39 is 47.1 Å². The van der Waals surface area contributed by atoms with Crippen LogP contribution in [0.15, 0.2) is 48.7 Å². The van der Waals surface area contributed by atoms with Gasteiger partial charge < -0.3 is 19.4 Å². The van der Waals surface area contributed by atoms with Crippen molar-refractivity contribution in [2.75, 3.05) is 55.6 Å². The Morgan fingerprint density at radius 2 is 1.44 bits per heavy atom. The van der Waals surface area contributed by atoms with Crippen molar-refractivity contribution in [3.63, 3.8) is 0 Å². The highest BCUT2D eigenvalue weighted by Gasteiger charge is 2.45. The molecule has 1 N–H and O–H groups in total. The number of aromatic nitrogens is 1. The maximum atomic E-state index is 13.5. The van der Waals surface area contributed by atoms with Gasteiger partial charge in [-0.05, 0) is 98.9 Å². The van der Waals surface area contributed by atoms with Crippen molar-refractivity contribution >= 4 is 40.9 Å². The number of piperazine rings is 1. The number of nitrogens with zero attached hydrogens (tertiary/aromatic N) is 7. The lowest BCUT2D eigenvalue weighted by atomic mass is 9.92. The van der Waals surface area contributed by atoms with E-state index in [2.05, 4.69) is 31.1 Å². The molecule has 1 saturated carbocycles. The average Bonchev–Trinajstić information content (AvgIpc) is 3.72. The van der Waals surface area contributed by atoms with Crippen molar-refractivity contribution in [1.82, 2.24) is 25.0 Å². The number of carbonyl (C=O) groups is 5. The quantitative estimate of drug-likeness (QED) is 0.312. The molecule has 6 aliphatic rings. The molecule has 2 aromatic carbocycles. The predicted molar refractivity (Wildman–Crippen MR) is 214 cm³/mol. The number of rotatable bonds is 8. The molecule has 61 heavy (non-hydrogen) atoms. The number of hydrogen-bond acceptors (Lipinski definition) is 11. The number of benzene rings is 2. The number of nitriles is 1. The molecule has 0 radical (unpaired) electrons. The topological polar surface area (TPSA) is 159 Å². The summed E-state index contributed by atoms with van der Waals surface area (Å²) in [5, 5.41) is 11.3. The van der Waals surface area contributed by atoms with E-state index in [1.165, 1.54) is 6.07 Å². The summed E-state index contributed by atoms with van der Waals surface area (Å²) in [6.45, 7) is 6.76. The number of fused-ring (bicyclic) bond motifs is 2. The van der Waals surface area contributed by atoms with Crippen LogP contribution in [0.25, 0.3) is 0 Å². The summed E-state index contributed by atoms with van der Waals surface area (Å²) in [6.07, 6.45) is 0.801. The summed E-state index contributed by atoms with van der Waals surface area (Å²) in [5.74, 6) is -1.52. The number of piperidine rings is 2. The number of ether oxygens (including phenoxy) is 1. The lowest BCUT2D eigenvalue weighted by molar-refractivity contribution is -0.138. The van der Waals surface area contributed by atoms with Crippen LogP contribution in [0.3, 0.4) is 0 Å². The highest BCUT2D eigenvalue weighted by atomic mass is 19.4. The Morgan fingerprint density at radius 1 is 0.770 bits per heavy atom. The molecule has 0 bridgehead atoms. The highest BCUT2D eigenvalue weighted by Crippen LogP contribution is 2.37. The van der Waals surface area contributed by atoms with Gasteiger partial charge in [-0.2, -0.15) is 18.4 Å². The van der Waals surface area contributed by atoms with Gasteiger partial charge in [0.1, 0.15) is 17.9 Å². The van der Waals surface area contributed by atoms with Crippen LogP contribution in [-0.2, 0) is 22.3 Å². The summed E-state index contributed by atoms with van der Waals surface area (Å²) in [5.41, 5.74) is 2.46. The third-order valence-corrected chi connectivity index (χ3v) is 13.2. The fraction of sp³-hybridized carbons (Fsp3) is 0.477. The second-order valence-corrected chi connectivity index (χ2v) is 16.9. The van der Waals surface area contributed by atoms with Crippen LogP contribution in [0.4, 0.5) is 24.5 Å². The number of anilines is 2. The maximum Gasteiger partial charge on any atom is 0.419 e. The van der Waals surface area contributed by atoms with Crippen molar-refractivity contribution < 1.29 is 41.9 Å². The number of pyridine rings is 1. The van der Waals surface area contributed by atoms with E-state index in [1.807, 2.05) is 23.1 Å². The van der Waals surface area contributed by atoms with E-state index in [0.717, 1.165) is 92.8 Å². The number of imide groups is 2. The monoisotopic (exact) mass is 838 g/mol. The van der Waals surface area contributed by atoms with Gasteiger partial charge in [0.15, 0.2) is 5.69 Å². The molecular formula is C44H45F3N8O6. The minimum atomic E-state index is -4.71. The van der Waals surface area contributed by atoms with E-state index in [1.54, 1.807) is 12.1 Å². The summed E-state index contributed by atoms with van der Waals surface area (Å²) >= 11 is 0. The number of hydrogen-bond donors (Lipinski definition) is 1. The normalized spacial score (nSPS) is 23.9. The SMILES string of the molecule is N#Cc1ncc(OC2CCC(N3Cc4cc(N5CCN(CC6CCN(c7ccc8c(c7)C(=O)N(C7CCC(=O)NC7=O)C8=O)CC6)CC5)ccc4C3=O)CC2)cc1C(F)(F)F. The predicted octanol–water partition coefficient (Wildman–Crippen LogP) is 4.76. The minimum Gasteiger partial charge on any atom is -0.489 e. The van der Waals surface area contributed by atoms with Crippen molar-refractivity contribution in [1.29, 1.82) is 5.26 Å². The lowest BCUT2D eigenvalue weighted by Crippen LogP contribution is -2.54. The Kier molecular flexibility index (Phi) is 10.7. The molecule has 5 aliphatic heterocycles. The van der Waals surface area contributed by atoms with Gasteiger partial charge >= 0.3 is 6.18 Å². The number of halogens is 3. The zero-order chi connectivity index (χ0) is 42.6. The van der Waals surface area contributed by atoms with Crippen LogP contribution in [-0.4, -0.2) is 113 Å².